The largest absolute Gasteiger partial charge is 0.396 e. The molecule has 1 aliphatic carbocycles. The van der Waals surface area contributed by atoms with E-state index >= 15 is 0 Å². The van der Waals surface area contributed by atoms with Gasteiger partial charge in [-0.2, -0.15) is 0 Å². The van der Waals surface area contributed by atoms with E-state index in [1.165, 1.54) is 36.8 Å². The van der Waals surface area contributed by atoms with E-state index in [4.69, 9.17) is 0 Å². The summed E-state index contributed by atoms with van der Waals surface area (Å²) in [6.45, 7) is 2.50. The summed E-state index contributed by atoms with van der Waals surface area (Å²) in [5.74, 6) is 1.38. The van der Waals surface area contributed by atoms with Gasteiger partial charge in [-0.3, -0.25) is 0 Å². The number of hydrogen-bond acceptors (Lipinski definition) is 1. The van der Waals surface area contributed by atoms with Crippen LogP contribution in [0.2, 0.25) is 0 Å². The molecule has 2 rings (SSSR count). The molecule has 1 N–H and O–H groups in total. The Balaban J connectivity index is 2.21. The summed E-state index contributed by atoms with van der Waals surface area (Å²) in [7, 11) is 0. The molecule has 1 atom stereocenters. The van der Waals surface area contributed by atoms with Gasteiger partial charge in [-0.15, -0.1) is 0 Å². The van der Waals surface area contributed by atoms with Crippen LogP contribution in [0.3, 0.4) is 0 Å². The van der Waals surface area contributed by atoms with Crippen molar-refractivity contribution in [3.8, 4) is 0 Å². The van der Waals surface area contributed by atoms with Crippen molar-refractivity contribution in [3.63, 3.8) is 0 Å². The number of hydrogen-bond donors (Lipinski definition) is 1. The number of aliphatic hydroxyl groups excluding tert-OH is 1. The molecular formula is C15H22O. The van der Waals surface area contributed by atoms with Crippen LogP contribution in [0.4, 0.5) is 0 Å². The van der Waals surface area contributed by atoms with Crippen LogP contribution in [0.1, 0.15) is 49.1 Å². The third-order valence-electron chi connectivity index (χ3n) is 4.00. The highest BCUT2D eigenvalue weighted by Gasteiger charge is 2.26. The van der Waals surface area contributed by atoms with E-state index in [9.17, 15) is 5.11 Å². The molecule has 1 aromatic rings. The fourth-order valence-corrected chi connectivity index (χ4v) is 3.15. The summed E-state index contributed by atoms with van der Waals surface area (Å²) < 4.78 is 0. The lowest BCUT2D eigenvalue weighted by Gasteiger charge is -2.24. The molecule has 1 saturated carbocycles. The maximum Gasteiger partial charge on any atom is 0.0436 e. The third-order valence-corrected chi connectivity index (χ3v) is 4.00. The predicted octanol–water partition coefficient (Wildman–Crippen LogP) is 3.65. The first kappa shape index (κ1) is 11.7. The Morgan fingerprint density at radius 1 is 1.25 bits per heavy atom. The number of rotatable bonds is 4. The summed E-state index contributed by atoms with van der Waals surface area (Å²) in [5.41, 5.74) is 2.84. The van der Waals surface area contributed by atoms with Gasteiger partial charge < -0.3 is 5.11 Å². The molecule has 0 heterocycles. The minimum Gasteiger partial charge on any atom is -0.396 e. The quantitative estimate of drug-likeness (QED) is 0.818. The van der Waals surface area contributed by atoms with Gasteiger partial charge in [0.25, 0.3) is 0 Å². The van der Waals surface area contributed by atoms with Gasteiger partial charge in [0.05, 0.1) is 0 Å². The molecule has 0 radical (unpaired) electrons. The first-order valence-corrected chi connectivity index (χ1v) is 6.49. The summed E-state index contributed by atoms with van der Waals surface area (Å²) in [6, 6.07) is 8.66. The van der Waals surface area contributed by atoms with Crippen molar-refractivity contribution in [2.75, 3.05) is 6.61 Å². The fourth-order valence-electron chi connectivity index (χ4n) is 3.15. The fraction of sp³-hybridized carbons (Fsp3) is 0.600. The Morgan fingerprint density at radius 3 is 2.56 bits per heavy atom. The van der Waals surface area contributed by atoms with Gasteiger partial charge >= 0.3 is 0 Å². The van der Waals surface area contributed by atoms with Gasteiger partial charge in [0.1, 0.15) is 0 Å². The maximum absolute atomic E-state index is 9.25. The van der Waals surface area contributed by atoms with Crippen molar-refractivity contribution in [2.45, 2.75) is 44.9 Å². The van der Waals surface area contributed by atoms with E-state index in [0.29, 0.717) is 12.5 Å². The van der Waals surface area contributed by atoms with Crippen molar-refractivity contribution < 1.29 is 5.11 Å². The molecule has 0 aliphatic heterocycles. The number of benzene rings is 1. The lowest BCUT2D eigenvalue weighted by molar-refractivity contribution is 0.254. The van der Waals surface area contributed by atoms with E-state index in [1.807, 2.05) is 0 Å². The zero-order valence-corrected chi connectivity index (χ0v) is 10.2. The van der Waals surface area contributed by atoms with Gasteiger partial charge in [0.2, 0.25) is 0 Å². The van der Waals surface area contributed by atoms with E-state index in [0.717, 1.165) is 12.3 Å². The summed E-state index contributed by atoms with van der Waals surface area (Å²) in [4.78, 5) is 0. The smallest absolute Gasteiger partial charge is 0.0436 e. The van der Waals surface area contributed by atoms with E-state index in [-0.39, 0.29) is 0 Å². The molecule has 1 aromatic carbocycles. The highest BCUT2D eigenvalue weighted by atomic mass is 16.3. The average molecular weight is 218 g/mol. The second-order valence-corrected chi connectivity index (χ2v) is 5.02. The van der Waals surface area contributed by atoms with Crippen LogP contribution >= 0.6 is 0 Å². The zero-order chi connectivity index (χ0) is 11.4. The average Bonchev–Trinajstić information content (AvgIpc) is 2.80. The van der Waals surface area contributed by atoms with Crippen molar-refractivity contribution >= 4 is 0 Å². The molecule has 1 fully saturated rings. The standard InChI is InChI=1S/C15H22O/c1-12-6-2-5-9-14(12)15(10-11-16)13-7-3-4-8-13/h2,5-6,9,13,15-16H,3-4,7-8,10-11H2,1H3. The van der Waals surface area contributed by atoms with E-state index < -0.39 is 0 Å². The summed E-state index contributed by atoms with van der Waals surface area (Å²) in [5, 5.41) is 9.25. The molecule has 0 amide bonds. The number of aliphatic hydroxyl groups is 1. The molecular weight excluding hydrogens is 196 g/mol. The monoisotopic (exact) mass is 218 g/mol. The van der Waals surface area contributed by atoms with Gasteiger partial charge in [-0.25, -0.2) is 0 Å². The Hall–Kier alpha value is -0.820. The van der Waals surface area contributed by atoms with Crippen molar-refractivity contribution in [1.29, 1.82) is 0 Å². The molecule has 0 aromatic heterocycles. The Labute approximate surface area is 98.5 Å². The Morgan fingerprint density at radius 2 is 1.94 bits per heavy atom. The van der Waals surface area contributed by atoms with Crippen molar-refractivity contribution in [1.82, 2.24) is 0 Å². The molecule has 88 valence electrons. The van der Waals surface area contributed by atoms with Crippen LogP contribution in [0.5, 0.6) is 0 Å². The van der Waals surface area contributed by atoms with Gasteiger partial charge in [0.15, 0.2) is 0 Å². The Bertz CT molecular complexity index is 326. The summed E-state index contributed by atoms with van der Waals surface area (Å²) >= 11 is 0. The molecule has 1 aliphatic rings. The van der Waals surface area contributed by atoms with E-state index in [2.05, 4.69) is 31.2 Å². The molecule has 0 bridgehead atoms. The molecule has 16 heavy (non-hydrogen) atoms. The van der Waals surface area contributed by atoms with Crippen LogP contribution in [-0.4, -0.2) is 11.7 Å². The van der Waals surface area contributed by atoms with Gasteiger partial charge in [-0.1, -0.05) is 37.1 Å². The van der Waals surface area contributed by atoms with Crippen molar-refractivity contribution in [2.24, 2.45) is 5.92 Å². The maximum atomic E-state index is 9.25. The zero-order valence-electron chi connectivity index (χ0n) is 10.2. The van der Waals surface area contributed by atoms with Crippen LogP contribution in [-0.2, 0) is 0 Å². The van der Waals surface area contributed by atoms with Gasteiger partial charge in [0, 0.05) is 6.61 Å². The lowest BCUT2D eigenvalue weighted by Crippen LogP contribution is -2.12. The predicted molar refractivity (Wildman–Crippen MR) is 67.6 cm³/mol. The van der Waals surface area contributed by atoms with Crippen LogP contribution in [0, 0.1) is 12.8 Å². The van der Waals surface area contributed by atoms with Gasteiger partial charge in [-0.05, 0) is 49.1 Å². The molecule has 1 nitrogen and oxygen atoms in total. The Kier molecular flexibility index (Phi) is 4.00. The molecule has 0 saturated heterocycles. The molecule has 0 spiro atoms. The van der Waals surface area contributed by atoms with Crippen molar-refractivity contribution in [3.05, 3.63) is 35.4 Å². The van der Waals surface area contributed by atoms with Crippen LogP contribution in [0.25, 0.3) is 0 Å². The van der Waals surface area contributed by atoms with Crippen LogP contribution < -0.4 is 0 Å². The topological polar surface area (TPSA) is 20.2 Å². The second kappa shape index (κ2) is 5.49. The lowest BCUT2D eigenvalue weighted by atomic mass is 9.81. The third kappa shape index (κ3) is 2.46. The highest BCUT2D eigenvalue weighted by Crippen LogP contribution is 2.40. The molecule has 1 unspecified atom stereocenters. The first-order chi connectivity index (χ1) is 7.83. The highest BCUT2D eigenvalue weighted by molar-refractivity contribution is 5.29. The normalized spacial score (nSPS) is 18.9. The molecule has 1 heteroatoms. The minimum absolute atomic E-state index is 0.315. The number of aryl methyl sites for hydroxylation is 1. The first-order valence-electron chi connectivity index (χ1n) is 6.49. The second-order valence-electron chi connectivity index (χ2n) is 5.02. The SMILES string of the molecule is Cc1ccccc1C(CCO)C1CCCC1. The van der Waals surface area contributed by atoms with E-state index in [1.54, 1.807) is 0 Å². The van der Waals surface area contributed by atoms with Crippen LogP contribution in [0.15, 0.2) is 24.3 Å². The summed E-state index contributed by atoms with van der Waals surface area (Å²) in [6.07, 6.45) is 6.37. The minimum atomic E-state index is 0.315.